The molecule has 3 fully saturated rings. The van der Waals surface area contributed by atoms with Crippen molar-refractivity contribution in [1.82, 2.24) is 15.1 Å². The van der Waals surface area contributed by atoms with Crippen molar-refractivity contribution in [3.63, 3.8) is 0 Å². The van der Waals surface area contributed by atoms with Crippen molar-refractivity contribution in [2.45, 2.75) is 56.9 Å². The zero-order chi connectivity index (χ0) is 29.5. The zero-order valence-corrected chi connectivity index (χ0v) is 24.6. The van der Waals surface area contributed by atoms with Crippen LogP contribution in [0.15, 0.2) is 48.7 Å². The van der Waals surface area contributed by atoms with Gasteiger partial charge in [-0.15, -0.1) is 0 Å². The van der Waals surface area contributed by atoms with Crippen molar-refractivity contribution in [1.29, 1.82) is 10.5 Å². The van der Waals surface area contributed by atoms with Crippen molar-refractivity contribution in [3.8, 4) is 29.0 Å². The Hall–Kier alpha value is -3.83. The van der Waals surface area contributed by atoms with E-state index in [0.717, 1.165) is 53.8 Å². The molecule has 6 rings (SSSR count). The van der Waals surface area contributed by atoms with Crippen LogP contribution in [0.25, 0.3) is 16.8 Å². The average molecular weight is 585 g/mol. The molecule has 3 N–H and O–H groups in total. The van der Waals surface area contributed by atoms with E-state index in [-0.39, 0.29) is 17.7 Å². The maximum absolute atomic E-state index is 13.5. The summed E-state index contributed by atoms with van der Waals surface area (Å²) < 4.78 is 21.8. The lowest BCUT2D eigenvalue weighted by atomic mass is 9.75. The summed E-state index contributed by atoms with van der Waals surface area (Å²) in [6, 6.07) is 18.5. The Morgan fingerprint density at radius 1 is 1.07 bits per heavy atom. The molecule has 1 amide bonds. The third kappa shape index (κ3) is 5.63. The van der Waals surface area contributed by atoms with Gasteiger partial charge in [0.05, 0.1) is 34.5 Å². The van der Waals surface area contributed by atoms with Gasteiger partial charge in [0.1, 0.15) is 11.6 Å². The van der Waals surface area contributed by atoms with E-state index in [0.29, 0.717) is 48.7 Å². The number of nitrogens with zero attached hydrogens (tertiary/aromatic N) is 5. The van der Waals surface area contributed by atoms with Gasteiger partial charge in [0.2, 0.25) is 5.91 Å². The van der Waals surface area contributed by atoms with Crippen LogP contribution in [0, 0.1) is 35.5 Å². The highest BCUT2D eigenvalue weighted by atomic mass is 32.3. The molecule has 2 heterocycles. The number of carbonyl (C=O) groups is 1. The van der Waals surface area contributed by atoms with Crippen LogP contribution < -0.4 is 10.2 Å². The summed E-state index contributed by atoms with van der Waals surface area (Å²) in [5.74, 6) is 0.280. The van der Waals surface area contributed by atoms with Gasteiger partial charge < -0.3 is 10.2 Å². The normalized spacial score (nSPS) is 23.3. The van der Waals surface area contributed by atoms with Crippen LogP contribution >= 0.6 is 10.6 Å². The molecule has 3 aromatic rings. The van der Waals surface area contributed by atoms with Crippen molar-refractivity contribution in [3.05, 3.63) is 65.5 Å². The smallest absolute Gasteiger partial charge is 0.225 e. The van der Waals surface area contributed by atoms with Crippen LogP contribution in [-0.4, -0.2) is 54.9 Å². The molecule has 42 heavy (non-hydrogen) atoms. The SMILES string of the molecule is Cc1ccc(-n2cc(-c3ccc(N4CCS(O)(O)CC4)cc3)c([C@@H]3CCCC[C@H]3C(=O)NC3(C#N)CC3)n2)c(C#N)c1. The van der Waals surface area contributed by atoms with E-state index in [2.05, 4.69) is 46.6 Å². The minimum atomic E-state index is -2.47. The van der Waals surface area contributed by atoms with Gasteiger partial charge >= 0.3 is 0 Å². The summed E-state index contributed by atoms with van der Waals surface area (Å²) in [6.45, 7) is 3.15. The molecule has 3 aliphatic rings. The maximum atomic E-state index is 13.5. The molecule has 9 nitrogen and oxygen atoms in total. The Balaban J connectivity index is 1.38. The van der Waals surface area contributed by atoms with Crippen molar-refractivity contribution >= 4 is 22.2 Å². The molecular formula is C32H36N6O3S. The molecule has 0 spiro atoms. The second kappa shape index (κ2) is 11.1. The van der Waals surface area contributed by atoms with Crippen LogP contribution in [0.2, 0.25) is 0 Å². The first-order valence-corrected chi connectivity index (χ1v) is 16.5. The molecule has 0 radical (unpaired) electrons. The van der Waals surface area contributed by atoms with Crippen molar-refractivity contribution in [2.75, 3.05) is 29.5 Å². The molecule has 2 saturated carbocycles. The molecule has 0 unspecified atom stereocenters. The lowest BCUT2D eigenvalue weighted by molar-refractivity contribution is -0.127. The summed E-state index contributed by atoms with van der Waals surface area (Å²) in [4.78, 5) is 15.7. The Morgan fingerprint density at radius 3 is 2.45 bits per heavy atom. The van der Waals surface area contributed by atoms with Crippen LogP contribution in [-0.2, 0) is 4.79 Å². The fraction of sp³-hybridized carbons (Fsp3) is 0.438. The van der Waals surface area contributed by atoms with Gasteiger partial charge in [-0.05, 0) is 68.0 Å². The van der Waals surface area contributed by atoms with Crippen molar-refractivity contribution in [2.24, 2.45) is 5.92 Å². The minimum absolute atomic E-state index is 0.0706. The first kappa shape index (κ1) is 28.3. The number of aromatic nitrogens is 2. The molecule has 2 atom stereocenters. The second-order valence-corrected chi connectivity index (χ2v) is 14.4. The standard InChI is InChI=1S/C32H36N6O3S/c1-22-6-11-29(24(18-22)19-33)38-20-28(23-7-9-25(10-8-23)37-14-16-42(40,41)17-15-37)30(36-38)26-4-2-3-5-27(26)31(39)35-32(21-34)12-13-32/h6-11,18,20,26-27,40-41H,2-5,12-17H2,1H3,(H,35,39)/t26-,27-/m1/s1. The van der Waals surface area contributed by atoms with Gasteiger partial charge in [0.15, 0.2) is 0 Å². The Bertz CT molecular complexity index is 1570. The Labute approximate surface area is 248 Å². The molecule has 2 aliphatic carbocycles. The van der Waals surface area contributed by atoms with E-state index in [9.17, 15) is 24.4 Å². The molecular weight excluding hydrogens is 548 g/mol. The molecule has 1 aliphatic heterocycles. The third-order valence-corrected chi connectivity index (χ3v) is 10.6. The van der Waals surface area contributed by atoms with Gasteiger partial charge in [-0.25, -0.2) is 4.68 Å². The summed E-state index contributed by atoms with van der Waals surface area (Å²) >= 11 is 0. The van der Waals surface area contributed by atoms with Crippen LogP contribution in [0.5, 0.6) is 0 Å². The number of amides is 1. The number of benzene rings is 2. The summed E-state index contributed by atoms with van der Waals surface area (Å²) in [5.41, 5.74) is 5.24. The number of nitriles is 2. The van der Waals surface area contributed by atoms with Gasteiger partial charge in [0.25, 0.3) is 0 Å². The number of anilines is 1. The first-order chi connectivity index (χ1) is 20.2. The number of aryl methyl sites for hydroxylation is 1. The minimum Gasteiger partial charge on any atom is -0.368 e. The highest BCUT2D eigenvalue weighted by Gasteiger charge is 2.47. The largest absolute Gasteiger partial charge is 0.368 e. The summed E-state index contributed by atoms with van der Waals surface area (Å²) in [6.07, 6.45) is 6.86. The molecule has 1 aromatic heterocycles. The third-order valence-electron chi connectivity index (χ3n) is 8.96. The highest BCUT2D eigenvalue weighted by molar-refractivity contribution is 8.24. The number of hydrogen-bond donors (Lipinski definition) is 3. The van der Waals surface area contributed by atoms with E-state index in [1.54, 1.807) is 4.68 Å². The summed E-state index contributed by atoms with van der Waals surface area (Å²) in [7, 11) is -2.47. The average Bonchev–Trinajstić information content (AvgIpc) is 3.64. The van der Waals surface area contributed by atoms with Crippen LogP contribution in [0.4, 0.5) is 5.69 Å². The second-order valence-electron chi connectivity index (χ2n) is 11.9. The topological polar surface area (TPSA) is 138 Å². The predicted molar refractivity (Wildman–Crippen MR) is 164 cm³/mol. The van der Waals surface area contributed by atoms with Gasteiger partial charge in [-0.3, -0.25) is 13.9 Å². The predicted octanol–water partition coefficient (Wildman–Crippen LogP) is 5.74. The van der Waals surface area contributed by atoms with E-state index in [1.807, 2.05) is 31.3 Å². The molecule has 10 heteroatoms. The lowest BCUT2D eigenvalue weighted by Crippen LogP contribution is -2.42. The highest BCUT2D eigenvalue weighted by Crippen LogP contribution is 2.44. The molecule has 218 valence electrons. The van der Waals surface area contributed by atoms with E-state index >= 15 is 0 Å². The van der Waals surface area contributed by atoms with Crippen molar-refractivity contribution < 1.29 is 13.9 Å². The number of hydrogen-bond acceptors (Lipinski definition) is 7. The molecule has 0 bridgehead atoms. The van der Waals surface area contributed by atoms with Gasteiger partial charge in [0, 0.05) is 42.4 Å². The monoisotopic (exact) mass is 584 g/mol. The van der Waals surface area contributed by atoms with Crippen LogP contribution in [0.3, 0.4) is 0 Å². The van der Waals surface area contributed by atoms with Gasteiger partial charge in [-0.1, -0.05) is 31.0 Å². The fourth-order valence-corrected chi connectivity index (χ4v) is 7.50. The summed E-state index contributed by atoms with van der Waals surface area (Å²) in [5, 5.41) is 27.6. The van der Waals surface area contributed by atoms with Gasteiger partial charge in [-0.2, -0.15) is 26.2 Å². The first-order valence-electron chi connectivity index (χ1n) is 14.6. The molecule has 2 aromatic carbocycles. The number of rotatable bonds is 6. The Kier molecular flexibility index (Phi) is 7.48. The molecule has 1 saturated heterocycles. The van der Waals surface area contributed by atoms with E-state index < -0.39 is 16.1 Å². The zero-order valence-electron chi connectivity index (χ0n) is 23.8. The van der Waals surface area contributed by atoms with E-state index in [1.165, 1.54) is 0 Å². The maximum Gasteiger partial charge on any atom is 0.225 e. The lowest BCUT2D eigenvalue weighted by Gasteiger charge is -2.41. The quantitative estimate of drug-likeness (QED) is 0.336. The number of nitrogens with one attached hydrogen (secondary N) is 1. The Morgan fingerprint density at radius 2 is 1.79 bits per heavy atom. The van der Waals surface area contributed by atoms with Crippen LogP contribution in [0.1, 0.15) is 61.3 Å². The van der Waals surface area contributed by atoms with E-state index in [4.69, 9.17) is 5.10 Å². The fourth-order valence-electron chi connectivity index (χ4n) is 6.27. The number of carbonyl (C=O) groups excluding carboxylic acids is 1.